The lowest BCUT2D eigenvalue weighted by Gasteiger charge is -2.50. The first kappa shape index (κ1) is 49.9. The molecule has 16 nitrogen and oxygen atoms in total. The summed E-state index contributed by atoms with van der Waals surface area (Å²) in [6.07, 6.45) is -6.96. The predicted molar refractivity (Wildman–Crippen MR) is 213 cm³/mol. The van der Waals surface area contributed by atoms with Crippen molar-refractivity contribution < 1.29 is 58.0 Å². The molecular formula is C41H77N3O13. The van der Waals surface area contributed by atoms with Crippen molar-refractivity contribution in [2.24, 2.45) is 34.6 Å². The highest BCUT2D eigenvalue weighted by atomic mass is 16.7. The topological polar surface area (TPSA) is 210 Å². The third-order valence-electron chi connectivity index (χ3n) is 13.2. The van der Waals surface area contributed by atoms with Crippen molar-refractivity contribution in [1.82, 2.24) is 4.90 Å². The van der Waals surface area contributed by atoms with Gasteiger partial charge in [0.25, 0.3) is 0 Å². The van der Waals surface area contributed by atoms with Crippen LogP contribution in [0.4, 0.5) is 0 Å². The maximum atomic E-state index is 14.4. The van der Waals surface area contributed by atoms with E-state index in [1.165, 1.54) is 14.0 Å². The van der Waals surface area contributed by atoms with Crippen LogP contribution in [0.1, 0.15) is 101 Å². The van der Waals surface area contributed by atoms with Crippen LogP contribution in [0.15, 0.2) is 5.18 Å². The number of esters is 1. The zero-order chi connectivity index (χ0) is 43.2. The smallest absolute Gasteiger partial charge is 0.311 e. The van der Waals surface area contributed by atoms with Crippen molar-refractivity contribution in [1.29, 1.82) is 0 Å². The van der Waals surface area contributed by atoms with Gasteiger partial charge in [0.15, 0.2) is 12.6 Å². The summed E-state index contributed by atoms with van der Waals surface area (Å²) in [7, 11) is 6.93. The molecule has 19 atom stereocenters. The average molecular weight is 820 g/mol. The summed E-state index contributed by atoms with van der Waals surface area (Å²) in [6, 6.07) is -1.27. The number of cyclic esters (lactones) is 1. The fourth-order valence-electron chi connectivity index (χ4n) is 9.56. The van der Waals surface area contributed by atoms with E-state index >= 15 is 0 Å². The lowest BCUT2D eigenvalue weighted by molar-refractivity contribution is -0.322. The second-order valence-electron chi connectivity index (χ2n) is 18.0. The Kier molecular flexibility index (Phi) is 18.3. The largest absolute Gasteiger partial charge is 0.459 e. The summed E-state index contributed by atoms with van der Waals surface area (Å²) in [5.41, 5.74) is 1.73. The molecule has 16 heteroatoms. The molecule has 0 aliphatic carbocycles. The van der Waals surface area contributed by atoms with Crippen molar-refractivity contribution >= 4 is 5.97 Å². The predicted octanol–water partition coefficient (Wildman–Crippen LogP) is 3.38. The maximum Gasteiger partial charge on any atom is 0.311 e. The normalized spacial score (nSPS) is 47.0. The van der Waals surface area contributed by atoms with Gasteiger partial charge in [-0.15, -0.1) is 0 Å². The van der Waals surface area contributed by atoms with Crippen LogP contribution >= 0.6 is 0 Å². The standard InChI is InChI=1S/C41H77N3O13/c1-15-29-41(10,48)34(46)24(4)31(43-49)22(2)20-39(8,50-13)35(57-38-32(45)28(44(11)12)19-23(3)53-38)25(5)33(26(6)37(47)55-29)56-30-21-40(9,51-14)36(27(7)54-30)52-18-16-17-42/h22-36,38,45-46,48H,15-21,42H2,1-14H3/t22-,23-,24+,25+,26-,27+,28+,29-,30+,31?,32-,33+,34-,35-,36+,38+,39-,40-,41-/m1/s1. The van der Waals surface area contributed by atoms with Crippen LogP contribution in [0.3, 0.4) is 0 Å². The van der Waals surface area contributed by atoms with E-state index in [9.17, 15) is 25.0 Å². The van der Waals surface area contributed by atoms with E-state index in [1.54, 1.807) is 27.9 Å². The number of carbonyl (C=O) groups excluding carboxylic acids is 1. The van der Waals surface area contributed by atoms with Gasteiger partial charge in [-0.1, -0.05) is 32.9 Å². The molecule has 0 aromatic heterocycles. The van der Waals surface area contributed by atoms with Gasteiger partial charge < -0.3 is 63.8 Å². The summed E-state index contributed by atoms with van der Waals surface area (Å²) >= 11 is 0. The minimum Gasteiger partial charge on any atom is -0.459 e. The van der Waals surface area contributed by atoms with Gasteiger partial charge in [0, 0.05) is 45.1 Å². The van der Waals surface area contributed by atoms with E-state index in [1.807, 2.05) is 60.5 Å². The summed E-state index contributed by atoms with van der Waals surface area (Å²) in [5.74, 6) is -3.74. The molecule has 0 amide bonds. The SMILES string of the molecule is CC[C@H]1OC(=O)[C@H](C)[C@@H](O[C@H]2C[C@@](C)(OC)[C@@H](OCCCN)[C@H](C)O2)[C@H](C)[C@@H](O[C@@H]2O[C@H](C)C[C@H](N(C)C)[C@H]2O)[C@](C)(OC)C[C@@H](C)C(N=O)[C@H](C)[C@@H](O)[C@]1(C)O. The number of nitrogens with zero attached hydrogens (tertiary/aromatic N) is 2. The summed E-state index contributed by atoms with van der Waals surface area (Å²) in [4.78, 5) is 28.9. The Morgan fingerprint density at radius 3 is 2.09 bits per heavy atom. The molecule has 0 bridgehead atoms. The van der Waals surface area contributed by atoms with E-state index in [-0.39, 0.29) is 31.4 Å². The van der Waals surface area contributed by atoms with Crippen molar-refractivity contribution in [3.63, 3.8) is 0 Å². The molecule has 3 fully saturated rings. The molecular weight excluding hydrogens is 742 g/mol. The molecule has 1 unspecified atom stereocenters. The molecule has 3 rings (SSSR count). The molecule has 334 valence electrons. The fourth-order valence-corrected chi connectivity index (χ4v) is 9.56. The van der Waals surface area contributed by atoms with Crippen molar-refractivity contribution in [2.75, 3.05) is 41.5 Å². The molecule has 3 aliphatic heterocycles. The number of nitroso groups, excluding NO2 is 1. The third kappa shape index (κ3) is 11.3. The Morgan fingerprint density at radius 1 is 0.930 bits per heavy atom. The van der Waals surface area contributed by atoms with E-state index in [0.717, 1.165) is 0 Å². The van der Waals surface area contributed by atoms with Crippen LogP contribution in [-0.4, -0.2) is 158 Å². The van der Waals surface area contributed by atoms with Gasteiger partial charge in [0.05, 0.1) is 53.7 Å². The van der Waals surface area contributed by atoms with Gasteiger partial charge in [0.2, 0.25) is 0 Å². The lowest BCUT2D eigenvalue weighted by Crippen LogP contribution is -2.62. The summed E-state index contributed by atoms with van der Waals surface area (Å²) in [6.45, 7) is 18.7. The lowest BCUT2D eigenvalue weighted by atomic mass is 9.72. The Balaban J connectivity index is 2.22. The van der Waals surface area contributed by atoms with E-state index in [2.05, 4.69) is 5.18 Å². The first-order valence-electron chi connectivity index (χ1n) is 20.9. The number of aliphatic hydroxyl groups is 3. The highest BCUT2D eigenvalue weighted by molar-refractivity contribution is 5.73. The van der Waals surface area contributed by atoms with Crippen LogP contribution in [0.25, 0.3) is 0 Å². The van der Waals surface area contributed by atoms with Crippen LogP contribution in [0, 0.1) is 28.6 Å². The van der Waals surface area contributed by atoms with Gasteiger partial charge in [-0.25, -0.2) is 0 Å². The van der Waals surface area contributed by atoms with Crippen LogP contribution in [0.5, 0.6) is 0 Å². The maximum absolute atomic E-state index is 14.4. The number of rotatable bonds is 13. The van der Waals surface area contributed by atoms with Crippen molar-refractivity contribution in [3.05, 3.63) is 4.91 Å². The number of nitrogens with two attached hydrogens (primary N) is 1. The summed E-state index contributed by atoms with van der Waals surface area (Å²) < 4.78 is 51.3. The van der Waals surface area contributed by atoms with Crippen LogP contribution in [0.2, 0.25) is 0 Å². The minimum atomic E-state index is -1.94. The molecule has 0 aromatic carbocycles. The second-order valence-corrected chi connectivity index (χ2v) is 18.0. The highest BCUT2D eigenvalue weighted by Crippen LogP contribution is 2.43. The van der Waals surface area contributed by atoms with E-state index in [0.29, 0.717) is 26.0 Å². The Labute approximate surface area is 341 Å². The molecule has 0 saturated carbocycles. The van der Waals surface area contributed by atoms with Gasteiger partial charge in [-0.3, -0.25) is 4.79 Å². The quantitative estimate of drug-likeness (QED) is 0.119. The van der Waals surface area contributed by atoms with Crippen molar-refractivity contribution in [2.45, 2.75) is 192 Å². The molecule has 57 heavy (non-hydrogen) atoms. The molecule has 0 radical (unpaired) electrons. The van der Waals surface area contributed by atoms with Crippen LogP contribution in [-0.2, 0) is 42.7 Å². The molecule has 3 aliphatic rings. The minimum absolute atomic E-state index is 0.168. The monoisotopic (exact) mass is 820 g/mol. The number of methoxy groups -OCH3 is 2. The Morgan fingerprint density at radius 2 is 1.54 bits per heavy atom. The molecule has 5 N–H and O–H groups in total. The average Bonchev–Trinajstić information content (AvgIpc) is 3.15. The number of hydrogen-bond acceptors (Lipinski definition) is 16. The van der Waals surface area contributed by atoms with E-state index in [4.69, 9.17) is 43.6 Å². The van der Waals surface area contributed by atoms with Crippen molar-refractivity contribution in [3.8, 4) is 0 Å². The molecule has 3 heterocycles. The fraction of sp³-hybridized carbons (Fsp3) is 0.976. The first-order chi connectivity index (χ1) is 26.6. The Bertz CT molecular complexity index is 1260. The van der Waals surface area contributed by atoms with Crippen LogP contribution < -0.4 is 5.73 Å². The van der Waals surface area contributed by atoms with Gasteiger partial charge >= 0.3 is 5.97 Å². The Hall–Kier alpha value is -1.41. The second kappa shape index (κ2) is 20.9. The van der Waals surface area contributed by atoms with Gasteiger partial charge in [-0.05, 0) is 93.8 Å². The van der Waals surface area contributed by atoms with Gasteiger partial charge in [-0.2, -0.15) is 4.91 Å². The molecule has 0 aromatic rings. The number of hydrogen-bond donors (Lipinski definition) is 4. The zero-order valence-corrected chi connectivity index (χ0v) is 37.1. The number of ether oxygens (including phenoxy) is 8. The number of likely N-dealkylation sites (N-methyl/N-ethyl adjacent to an activating group) is 1. The highest BCUT2D eigenvalue weighted by Gasteiger charge is 2.54. The van der Waals surface area contributed by atoms with Gasteiger partial charge in [0.1, 0.15) is 23.9 Å². The zero-order valence-electron chi connectivity index (χ0n) is 37.1. The van der Waals surface area contributed by atoms with E-state index < -0.39 is 108 Å². The summed E-state index contributed by atoms with van der Waals surface area (Å²) in [5, 5.41) is 38.6. The third-order valence-corrected chi connectivity index (χ3v) is 13.2. The number of carbonyl (C=O) groups is 1. The molecule has 3 saturated heterocycles. The first-order valence-corrected chi connectivity index (χ1v) is 20.9. The molecule has 0 spiro atoms. The number of aliphatic hydroxyl groups excluding tert-OH is 2.